The molecule has 130 valence electrons. The van der Waals surface area contributed by atoms with Gasteiger partial charge in [-0.25, -0.2) is 5.43 Å². The number of halogens is 1. The first-order chi connectivity index (χ1) is 12.1. The summed E-state index contributed by atoms with van der Waals surface area (Å²) >= 11 is 3.37. The molecule has 0 aliphatic carbocycles. The van der Waals surface area contributed by atoms with E-state index in [9.17, 15) is 4.79 Å². The molecule has 6 heteroatoms. The minimum Gasteiger partial charge on any atom is -0.378 e. The van der Waals surface area contributed by atoms with Gasteiger partial charge in [-0.2, -0.15) is 5.10 Å². The Bertz CT molecular complexity index is 768. The number of anilines is 1. The van der Waals surface area contributed by atoms with E-state index in [1.54, 1.807) is 6.07 Å². The third-order valence-corrected chi connectivity index (χ3v) is 4.80. The molecule has 1 saturated heterocycles. The summed E-state index contributed by atoms with van der Waals surface area (Å²) in [6, 6.07) is 15.5. The molecule has 0 bridgehead atoms. The van der Waals surface area contributed by atoms with Gasteiger partial charge in [0.15, 0.2) is 0 Å². The summed E-state index contributed by atoms with van der Waals surface area (Å²) in [6.07, 6.45) is 0. The van der Waals surface area contributed by atoms with Gasteiger partial charge in [0, 0.05) is 23.2 Å². The van der Waals surface area contributed by atoms with E-state index >= 15 is 0 Å². The Hall–Kier alpha value is -2.18. The lowest BCUT2D eigenvalue weighted by atomic mass is 10.1. The summed E-state index contributed by atoms with van der Waals surface area (Å²) in [5.74, 6) is -0.239. The quantitative estimate of drug-likeness (QED) is 0.630. The van der Waals surface area contributed by atoms with E-state index in [1.807, 2.05) is 37.3 Å². The molecule has 0 radical (unpaired) electrons. The van der Waals surface area contributed by atoms with Crippen LogP contribution in [0.4, 0.5) is 5.69 Å². The Morgan fingerprint density at radius 1 is 1.12 bits per heavy atom. The Balaban J connectivity index is 1.66. The zero-order valence-corrected chi connectivity index (χ0v) is 15.6. The highest BCUT2D eigenvalue weighted by Crippen LogP contribution is 2.17. The number of hydrogen-bond acceptors (Lipinski definition) is 4. The Morgan fingerprint density at radius 3 is 2.48 bits per heavy atom. The fraction of sp³-hybridized carbons (Fsp3) is 0.263. The van der Waals surface area contributed by atoms with Crippen LogP contribution in [0.15, 0.2) is 58.1 Å². The maximum Gasteiger partial charge on any atom is 0.272 e. The van der Waals surface area contributed by atoms with E-state index in [0.29, 0.717) is 5.56 Å². The molecule has 0 aromatic heterocycles. The molecular formula is C19H20BrN3O2. The summed E-state index contributed by atoms with van der Waals surface area (Å²) in [7, 11) is 0. The average Bonchev–Trinajstić information content (AvgIpc) is 2.67. The first-order valence-corrected chi connectivity index (χ1v) is 8.97. The van der Waals surface area contributed by atoms with Gasteiger partial charge in [-0.1, -0.05) is 24.3 Å². The highest BCUT2D eigenvalue weighted by atomic mass is 79.9. The second kappa shape index (κ2) is 8.27. The maximum absolute atomic E-state index is 12.2. The van der Waals surface area contributed by atoms with Crippen LogP contribution in [-0.4, -0.2) is 37.9 Å². The van der Waals surface area contributed by atoms with Crippen molar-refractivity contribution < 1.29 is 9.53 Å². The Labute approximate surface area is 155 Å². The van der Waals surface area contributed by atoms with Gasteiger partial charge >= 0.3 is 0 Å². The molecule has 3 rings (SSSR count). The van der Waals surface area contributed by atoms with E-state index in [1.165, 1.54) is 5.69 Å². The lowest BCUT2D eigenvalue weighted by molar-refractivity contribution is 0.0954. The Kier molecular flexibility index (Phi) is 5.83. The number of benzene rings is 2. The fourth-order valence-electron chi connectivity index (χ4n) is 2.64. The summed E-state index contributed by atoms with van der Waals surface area (Å²) in [5.41, 5.74) is 6.08. The van der Waals surface area contributed by atoms with Crippen LogP contribution < -0.4 is 10.3 Å². The molecule has 2 aromatic rings. The number of rotatable bonds is 4. The van der Waals surface area contributed by atoms with Crippen molar-refractivity contribution in [2.45, 2.75) is 6.92 Å². The highest BCUT2D eigenvalue weighted by molar-refractivity contribution is 9.10. The van der Waals surface area contributed by atoms with Crippen LogP contribution in [0.5, 0.6) is 0 Å². The van der Waals surface area contributed by atoms with Gasteiger partial charge in [-0.3, -0.25) is 4.79 Å². The van der Waals surface area contributed by atoms with Gasteiger partial charge in [-0.05, 0) is 52.7 Å². The zero-order valence-electron chi connectivity index (χ0n) is 14.0. The molecule has 5 nitrogen and oxygen atoms in total. The van der Waals surface area contributed by atoms with Crippen molar-refractivity contribution in [3.8, 4) is 0 Å². The Morgan fingerprint density at radius 2 is 1.80 bits per heavy atom. The van der Waals surface area contributed by atoms with Crippen LogP contribution in [0.3, 0.4) is 0 Å². The smallest absolute Gasteiger partial charge is 0.272 e. The van der Waals surface area contributed by atoms with Crippen LogP contribution >= 0.6 is 15.9 Å². The lowest BCUT2D eigenvalue weighted by Crippen LogP contribution is -2.36. The van der Waals surface area contributed by atoms with Crippen molar-refractivity contribution in [3.05, 3.63) is 64.1 Å². The highest BCUT2D eigenvalue weighted by Gasteiger charge is 2.11. The second-order valence-corrected chi connectivity index (χ2v) is 6.62. The molecule has 1 amide bonds. The van der Waals surface area contributed by atoms with Crippen LogP contribution in [0.25, 0.3) is 0 Å². The number of hydrogen-bond donors (Lipinski definition) is 1. The number of hydrazone groups is 1. The lowest BCUT2D eigenvalue weighted by Gasteiger charge is -2.28. The van der Waals surface area contributed by atoms with Crippen molar-refractivity contribution in [2.24, 2.45) is 5.10 Å². The number of carbonyl (C=O) groups excluding carboxylic acids is 1. The molecule has 1 heterocycles. The van der Waals surface area contributed by atoms with Crippen molar-refractivity contribution in [1.29, 1.82) is 0 Å². The number of nitrogens with one attached hydrogen (secondary N) is 1. The second-order valence-electron chi connectivity index (χ2n) is 5.76. The minimum absolute atomic E-state index is 0.239. The van der Waals surface area contributed by atoms with Crippen molar-refractivity contribution >= 4 is 33.2 Å². The molecular weight excluding hydrogens is 382 g/mol. The number of morpholine rings is 1. The molecule has 1 aliphatic rings. The van der Waals surface area contributed by atoms with Crippen LogP contribution in [0.2, 0.25) is 0 Å². The number of nitrogens with zero attached hydrogens (tertiary/aromatic N) is 2. The van der Waals surface area contributed by atoms with Crippen molar-refractivity contribution in [1.82, 2.24) is 5.43 Å². The number of ether oxygens (including phenoxy) is 1. The summed E-state index contributed by atoms with van der Waals surface area (Å²) in [4.78, 5) is 14.5. The first-order valence-electron chi connectivity index (χ1n) is 8.17. The third kappa shape index (κ3) is 4.46. The SMILES string of the molecule is C/C(=N/NC(=O)c1ccccc1Br)c1ccc(N2CCOCC2)cc1. The fourth-order valence-corrected chi connectivity index (χ4v) is 3.10. The summed E-state index contributed by atoms with van der Waals surface area (Å²) in [5, 5.41) is 4.22. The van der Waals surface area contributed by atoms with Crippen LogP contribution in [0.1, 0.15) is 22.8 Å². The van der Waals surface area contributed by atoms with Gasteiger partial charge in [0.1, 0.15) is 0 Å². The summed E-state index contributed by atoms with van der Waals surface area (Å²) < 4.78 is 6.12. The zero-order chi connectivity index (χ0) is 17.6. The first kappa shape index (κ1) is 17.6. The molecule has 2 aromatic carbocycles. The molecule has 1 aliphatic heterocycles. The standard InChI is InChI=1S/C19H20BrN3O2/c1-14(21-22-19(24)17-4-2-3-5-18(17)20)15-6-8-16(9-7-15)23-10-12-25-13-11-23/h2-9H,10-13H2,1H3,(H,22,24)/b21-14-. The average molecular weight is 402 g/mol. The van der Waals surface area contributed by atoms with Gasteiger partial charge in [0.2, 0.25) is 0 Å². The van der Waals surface area contributed by atoms with Gasteiger partial charge in [0.25, 0.3) is 5.91 Å². The molecule has 1 N–H and O–H groups in total. The topological polar surface area (TPSA) is 53.9 Å². The van der Waals surface area contributed by atoms with Gasteiger partial charge < -0.3 is 9.64 Å². The largest absolute Gasteiger partial charge is 0.378 e. The molecule has 1 fully saturated rings. The van der Waals surface area contributed by atoms with E-state index in [-0.39, 0.29) is 5.91 Å². The third-order valence-electron chi connectivity index (χ3n) is 4.10. The molecule has 25 heavy (non-hydrogen) atoms. The minimum atomic E-state index is -0.239. The summed E-state index contributed by atoms with van der Waals surface area (Å²) in [6.45, 7) is 5.24. The van der Waals surface area contributed by atoms with Crippen LogP contribution in [0, 0.1) is 0 Å². The molecule has 0 saturated carbocycles. The normalized spacial score (nSPS) is 15.1. The molecule has 0 atom stereocenters. The molecule has 0 spiro atoms. The van der Waals surface area contributed by atoms with Crippen molar-refractivity contribution in [3.63, 3.8) is 0 Å². The van der Waals surface area contributed by atoms with E-state index in [2.05, 4.69) is 43.5 Å². The van der Waals surface area contributed by atoms with E-state index in [0.717, 1.165) is 42.1 Å². The number of carbonyl (C=O) groups is 1. The van der Waals surface area contributed by atoms with Gasteiger partial charge in [0.05, 0.1) is 24.5 Å². The number of amides is 1. The van der Waals surface area contributed by atoms with E-state index < -0.39 is 0 Å². The predicted octanol–water partition coefficient (Wildman–Crippen LogP) is 3.44. The molecule has 0 unspecified atom stereocenters. The predicted molar refractivity (Wildman–Crippen MR) is 103 cm³/mol. The monoisotopic (exact) mass is 401 g/mol. The maximum atomic E-state index is 12.2. The van der Waals surface area contributed by atoms with Crippen LogP contribution in [-0.2, 0) is 4.74 Å². The van der Waals surface area contributed by atoms with E-state index in [4.69, 9.17) is 4.74 Å². The van der Waals surface area contributed by atoms with Crippen molar-refractivity contribution in [2.75, 3.05) is 31.2 Å². The van der Waals surface area contributed by atoms with Gasteiger partial charge in [-0.15, -0.1) is 0 Å².